The molecule has 0 aromatic heterocycles. The largest absolute Gasteiger partial charge is 0.122 e. The molecule has 0 aromatic rings. The fraction of sp³-hybridized carbons (Fsp3) is 0.444. The van der Waals surface area contributed by atoms with Gasteiger partial charge in [0.25, 0.3) is 0 Å². The predicted molar refractivity (Wildman–Crippen MR) is 42.4 cm³/mol. The molecule has 0 N–H and O–H groups in total. The second-order valence-corrected chi connectivity index (χ2v) is 2.03. The molecule has 0 saturated heterocycles. The maximum atomic E-state index is 3.12. The van der Waals surface area contributed by atoms with Gasteiger partial charge >= 0.3 is 0 Å². The van der Waals surface area contributed by atoms with Crippen molar-refractivity contribution in [1.82, 2.24) is 0 Å². The van der Waals surface area contributed by atoms with Crippen molar-refractivity contribution < 1.29 is 0 Å². The van der Waals surface area contributed by atoms with Crippen molar-refractivity contribution in [3.05, 3.63) is 29.0 Å². The zero-order valence-corrected chi connectivity index (χ0v) is 6.65. The van der Waals surface area contributed by atoms with Gasteiger partial charge in [-0.3, -0.25) is 0 Å². The Kier molecular flexibility index (Phi) is 3.83. The molecule has 0 aliphatic carbocycles. The molecule has 0 aliphatic rings. The fourth-order valence-corrected chi connectivity index (χ4v) is 0.547. The molecule has 0 aliphatic heterocycles. The van der Waals surface area contributed by atoms with Crippen LogP contribution in [0.1, 0.15) is 27.7 Å². The van der Waals surface area contributed by atoms with Crippen LogP contribution in [-0.4, -0.2) is 0 Å². The molecule has 0 radical (unpaired) electrons. The van der Waals surface area contributed by atoms with Crippen molar-refractivity contribution in [3.8, 4) is 0 Å². The predicted octanol–water partition coefficient (Wildman–Crippen LogP) is 3.07. The van der Waals surface area contributed by atoms with Gasteiger partial charge in [0.2, 0.25) is 0 Å². The minimum atomic E-state index is 1.22. The van der Waals surface area contributed by atoms with Crippen molar-refractivity contribution >= 4 is 0 Å². The zero-order chi connectivity index (χ0) is 7.28. The highest BCUT2D eigenvalue weighted by atomic mass is 13.9. The lowest BCUT2D eigenvalue weighted by Crippen LogP contribution is -1.73. The van der Waals surface area contributed by atoms with Crippen LogP contribution in [0, 0.1) is 0 Å². The summed E-state index contributed by atoms with van der Waals surface area (Å²) < 4.78 is 0. The first-order valence-corrected chi connectivity index (χ1v) is 3.23. The highest BCUT2D eigenvalue weighted by Crippen LogP contribution is 2.04. The summed E-state index contributed by atoms with van der Waals surface area (Å²) in [5.41, 5.74) is 5.64. The normalized spacial score (nSPS) is 10.4. The van der Waals surface area contributed by atoms with Crippen molar-refractivity contribution in [2.24, 2.45) is 0 Å². The maximum Gasteiger partial charge on any atom is -0.00689 e. The topological polar surface area (TPSA) is 0 Å². The van der Waals surface area contributed by atoms with E-state index < -0.39 is 0 Å². The van der Waals surface area contributed by atoms with Gasteiger partial charge in [-0.15, -0.1) is 5.73 Å². The van der Waals surface area contributed by atoms with Gasteiger partial charge in [0, 0.05) is 0 Å². The molecule has 0 nitrogen and oxygen atoms in total. The van der Waals surface area contributed by atoms with Crippen molar-refractivity contribution in [2.75, 3.05) is 0 Å². The molecule has 0 spiro atoms. The molecule has 0 aromatic carbocycles. The van der Waals surface area contributed by atoms with Crippen LogP contribution in [0.2, 0.25) is 0 Å². The SMILES string of the molecule is CC=C=C(C)/C(C)=C/C. The minimum Gasteiger partial charge on any atom is -0.122 e. The van der Waals surface area contributed by atoms with Crippen LogP contribution >= 0.6 is 0 Å². The lowest BCUT2D eigenvalue weighted by Gasteiger charge is -1.92. The van der Waals surface area contributed by atoms with Gasteiger partial charge in [-0.2, -0.15) is 0 Å². The highest BCUT2D eigenvalue weighted by Gasteiger charge is 1.85. The molecule has 9 heavy (non-hydrogen) atoms. The van der Waals surface area contributed by atoms with Crippen LogP contribution in [0.15, 0.2) is 29.0 Å². The lowest BCUT2D eigenvalue weighted by atomic mass is 10.1. The van der Waals surface area contributed by atoms with E-state index in [-0.39, 0.29) is 0 Å². The van der Waals surface area contributed by atoms with Gasteiger partial charge in [-0.05, 0) is 44.9 Å². The second kappa shape index (κ2) is 4.17. The van der Waals surface area contributed by atoms with Crippen LogP contribution in [0.3, 0.4) is 0 Å². The Morgan fingerprint density at radius 2 is 1.78 bits per heavy atom. The van der Waals surface area contributed by atoms with Crippen molar-refractivity contribution in [1.29, 1.82) is 0 Å². The number of hydrogen-bond donors (Lipinski definition) is 0. The standard InChI is InChI=1S/C9H14/c1-5-7-9(4)8(3)6-2/h5-6H,1-4H3/b8-6+. The highest BCUT2D eigenvalue weighted by molar-refractivity contribution is 5.25. The second-order valence-electron chi connectivity index (χ2n) is 2.03. The molecule has 0 bridgehead atoms. The average molecular weight is 122 g/mol. The molecule has 0 fully saturated rings. The van der Waals surface area contributed by atoms with Crippen LogP contribution in [0.5, 0.6) is 0 Å². The lowest BCUT2D eigenvalue weighted by molar-refractivity contribution is 1.33. The Bertz CT molecular complexity index is 164. The quantitative estimate of drug-likeness (QED) is 0.370. The third-order valence-electron chi connectivity index (χ3n) is 1.39. The monoisotopic (exact) mass is 122 g/mol. The van der Waals surface area contributed by atoms with E-state index in [9.17, 15) is 0 Å². The van der Waals surface area contributed by atoms with E-state index in [4.69, 9.17) is 0 Å². The van der Waals surface area contributed by atoms with Crippen molar-refractivity contribution in [2.45, 2.75) is 27.7 Å². The molecule has 0 unspecified atom stereocenters. The summed E-state index contributed by atoms with van der Waals surface area (Å²) >= 11 is 0. The summed E-state index contributed by atoms with van der Waals surface area (Å²) in [4.78, 5) is 0. The van der Waals surface area contributed by atoms with Gasteiger partial charge in [0.05, 0.1) is 0 Å². The van der Waals surface area contributed by atoms with E-state index in [1.165, 1.54) is 11.1 Å². The summed E-state index contributed by atoms with van der Waals surface area (Å²) in [6.07, 6.45) is 4.02. The van der Waals surface area contributed by atoms with Crippen molar-refractivity contribution in [3.63, 3.8) is 0 Å². The molecule has 0 atom stereocenters. The summed E-state index contributed by atoms with van der Waals surface area (Å²) in [6, 6.07) is 0. The zero-order valence-electron chi connectivity index (χ0n) is 6.65. The van der Waals surface area contributed by atoms with Gasteiger partial charge in [0.1, 0.15) is 0 Å². The number of hydrogen-bond acceptors (Lipinski definition) is 0. The van der Waals surface area contributed by atoms with E-state index in [1.54, 1.807) is 0 Å². The first-order chi connectivity index (χ1) is 4.22. The van der Waals surface area contributed by atoms with E-state index in [2.05, 4.69) is 25.7 Å². The summed E-state index contributed by atoms with van der Waals surface area (Å²) in [5, 5.41) is 0. The smallest absolute Gasteiger partial charge is 0.00689 e. The molecule has 0 amide bonds. The molecular formula is C9H14. The average Bonchev–Trinajstić information content (AvgIpc) is 1.87. The molecule has 0 saturated carbocycles. The summed E-state index contributed by atoms with van der Waals surface area (Å²) in [5.74, 6) is 0. The molecule has 50 valence electrons. The molecule has 0 rings (SSSR count). The molecule has 0 heteroatoms. The van der Waals surface area contributed by atoms with Crippen LogP contribution in [0.4, 0.5) is 0 Å². The Morgan fingerprint density at radius 1 is 1.22 bits per heavy atom. The van der Waals surface area contributed by atoms with E-state index in [1.807, 2.05) is 19.9 Å². The maximum absolute atomic E-state index is 3.12. The van der Waals surface area contributed by atoms with Gasteiger partial charge in [0.15, 0.2) is 0 Å². The summed E-state index contributed by atoms with van der Waals surface area (Å²) in [6.45, 7) is 8.17. The fourth-order valence-electron chi connectivity index (χ4n) is 0.547. The number of rotatable bonds is 1. The Hall–Kier alpha value is -0.740. The van der Waals surface area contributed by atoms with Crippen LogP contribution in [0.25, 0.3) is 0 Å². The van der Waals surface area contributed by atoms with Gasteiger partial charge in [-0.25, -0.2) is 0 Å². The first-order valence-electron chi connectivity index (χ1n) is 3.23. The van der Waals surface area contributed by atoms with Crippen LogP contribution in [-0.2, 0) is 0 Å². The van der Waals surface area contributed by atoms with Crippen LogP contribution < -0.4 is 0 Å². The third-order valence-corrected chi connectivity index (χ3v) is 1.39. The Labute approximate surface area is 57.6 Å². The van der Waals surface area contributed by atoms with E-state index >= 15 is 0 Å². The Balaban J connectivity index is 4.40. The van der Waals surface area contributed by atoms with Gasteiger partial charge < -0.3 is 0 Å². The van der Waals surface area contributed by atoms with Gasteiger partial charge in [-0.1, -0.05) is 6.08 Å². The minimum absolute atomic E-state index is 1.22. The first kappa shape index (κ1) is 8.26. The van der Waals surface area contributed by atoms with E-state index in [0.717, 1.165) is 0 Å². The molecule has 0 heterocycles. The summed E-state index contributed by atoms with van der Waals surface area (Å²) in [7, 11) is 0. The van der Waals surface area contributed by atoms with E-state index in [0.29, 0.717) is 0 Å². The Morgan fingerprint density at radius 3 is 2.11 bits per heavy atom. The number of allylic oxidation sites excluding steroid dienone is 3. The third kappa shape index (κ3) is 2.94. The molecular weight excluding hydrogens is 108 g/mol.